The normalized spacial score (nSPS) is 27.4. The third-order valence-corrected chi connectivity index (χ3v) is 4.05. The van der Waals surface area contributed by atoms with E-state index in [0.29, 0.717) is 17.5 Å². The van der Waals surface area contributed by atoms with Crippen molar-refractivity contribution in [2.45, 2.75) is 18.9 Å². The van der Waals surface area contributed by atoms with E-state index in [0.717, 1.165) is 31.6 Å². The fourth-order valence-electron chi connectivity index (χ4n) is 2.78. The van der Waals surface area contributed by atoms with Crippen LogP contribution in [0.15, 0.2) is 24.3 Å². The third-order valence-electron chi connectivity index (χ3n) is 3.82. The van der Waals surface area contributed by atoms with Gasteiger partial charge in [-0.2, -0.15) is 0 Å². The SMILES string of the molecule is O=C1OC(C2CCCNC2)CN1c1cccc(Cl)c1. The first kappa shape index (κ1) is 12.8. The van der Waals surface area contributed by atoms with E-state index >= 15 is 0 Å². The summed E-state index contributed by atoms with van der Waals surface area (Å²) in [6.45, 7) is 2.61. The fourth-order valence-corrected chi connectivity index (χ4v) is 2.97. The van der Waals surface area contributed by atoms with E-state index in [1.165, 1.54) is 0 Å². The highest BCUT2D eigenvalue weighted by Crippen LogP contribution is 2.28. The van der Waals surface area contributed by atoms with E-state index in [-0.39, 0.29) is 12.2 Å². The van der Waals surface area contributed by atoms with Crippen LogP contribution in [0.5, 0.6) is 0 Å². The van der Waals surface area contributed by atoms with Gasteiger partial charge in [0.25, 0.3) is 0 Å². The fraction of sp³-hybridized carbons (Fsp3) is 0.500. The van der Waals surface area contributed by atoms with E-state index in [1.807, 2.05) is 12.1 Å². The van der Waals surface area contributed by atoms with E-state index in [2.05, 4.69) is 5.32 Å². The third kappa shape index (κ3) is 2.69. The molecule has 2 unspecified atom stereocenters. The minimum absolute atomic E-state index is 0.0146. The Morgan fingerprint density at radius 3 is 3.05 bits per heavy atom. The van der Waals surface area contributed by atoms with Gasteiger partial charge >= 0.3 is 6.09 Å². The first-order valence-electron chi connectivity index (χ1n) is 6.68. The van der Waals surface area contributed by atoms with Gasteiger partial charge in [0.15, 0.2) is 0 Å². The maximum absolute atomic E-state index is 12.0. The summed E-state index contributed by atoms with van der Waals surface area (Å²) >= 11 is 5.97. The molecule has 1 aromatic carbocycles. The number of nitrogens with one attached hydrogen (secondary N) is 1. The molecule has 4 nitrogen and oxygen atoms in total. The molecule has 2 aliphatic rings. The van der Waals surface area contributed by atoms with E-state index in [1.54, 1.807) is 17.0 Å². The van der Waals surface area contributed by atoms with E-state index in [9.17, 15) is 4.79 Å². The molecule has 1 N–H and O–H groups in total. The van der Waals surface area contributed by atoms with Crippen molar-refractivity contribution in [3.8, 4) is 0 Å². The predicted octanol–water partition coefficient (Wildman–Crippen LogP) is 2.66. The number of hydrogen-bond acceptors (Lipinski definition) is 3. The first-order chi connectivity index (χ1) is 9.24. The van der Waals surface area contributed by atoms with Crippen LogP contribution in [0.1, 0.15) is 12.8 Å². The summed E-state index contributed by atoms with van der Waals surface area (Å²) in [4.78, 5) is 13.7. The van der Waals surface area contributed by atoms with Gasteiger partial charge in [-0.25, -0.2) is 4.79 Å². The maximum Gasteiger partial charge on any atom is 0.414 e. The number of nitrogens with zero attached hydrogens (tertiary/aromatic N) is 1. The summed E-state index contributed by atoms with van der Waals surface area (Å²) in [5, 5.41) is 3.99. The number of amides is 1. The molecule has 2 aliphatic heterocycles. The molecule has 3 rings (SSSR count). The van der Waals surface area contributed by atoms with Crippen molar-refractivity contribution in [3.05, 3.63) is 29.3 Å². The smallest absolute Gasteiger partial charge is 0.414 e. The van der Waals surface area contributed by atoms with Crippen LogP contribution >= 0.6 is 11.6 Å². The lowest BCUT2D eigenvalue weighted by Gasteiger charge is -2.26. The number of halogens is 1. The number of benzene rings is 1. The summed E-state index contributed by atoms with van der Waals surface area (Å²) in [5.74, 6) is 0.418. The van der Waals surface area contributed by atoms with Crippen molar-refractivity contribution in [2.75, 3.05) is 24.5 Å². The average Bonchev–Trinajstić information content (AvgIpc) is 2.82. The quantitative estimate of drug-likeness (QED) is 0.906. The van der Waals surface area contributed by atoms with Crippen LogP contribution in [0.25, 0.3) is 0 Å². The highest BCUT2D eigenvalue weighted by Gasteiger charge is 2.37. The molecule has 2 heterocycles. The molecule has 19 heavy (non-hydrogen) atoms. The summed E-state index contributed by atoms with van der Waals surface area (Å²) in [5.41, 5.74) is 0.809. The number of hydrogen-bond donors (Lipinski definition) is 1. The van der Waals surface area contributed by atoms with Gasteiger partial charge in [0.05, 0.1) is 6.54 Å². The van der Waals surface area contributed by atoms with Gasteiger partial charge in [0.1, 0.15) is 6.10 Å². The maximum atomic E-state index is 12.0. The topological polar surface area (TPSA) is 41.6 Å². The van der Waals surface area contributed by atoms with Gasteiger partial charge in [-0.15, -0.1) is 0 Å². The van der Waals surface area contributed by atoms with E-state index < -0.39 is 0 Å². The van der Waals surface area contributed by atoms with Crippen LogP contribution in [0.3, 0.4) is 0 Å². The lowest BCUT2D eigenvalue weighted by molar-refractivity contribution is 0.0942. The molecule has 0 radical (unpaired) electrons. The van der Waals surface area contributed by atoms with Gasteiger partial charge in [-0.05, 0) is 37.6 Å². The van der Waals surface area contributed by atoms with Gasteiger partial charge < -0.3 is 10.1 Å². The molecule has 0 spiro atoms. The van der Waals surface area contributed by atoms with Gasteiger partial charge in [-0.1, -0.05) is 17.7 Å². The first-order valence-corrected chi connectivity index (χ1v) is 7.06. The Balaban J connectivity index is 1.72. The Kier molecular flexibility index (Phi) is 3.62. The zero-order chi connectivity index (χ0) is 13.2. The Morgan fingerprint density at radius 1 is 1.42 bits per heavy atom. The monoisotopic (exact) mass is 280 g/mol. The molecule has 1 amide bonds. The lowest BCUT2D eigenvalue weighted by Crippen LogP contribution is -2.38. The number of piperidine rings is 1. The Labute approximate surface area is 117 Å². The zero-order valence-electron chi connectivity index (χ0n) is 10.6. The summed E-state index contributed by atoms with van der Waals surface area (Å²) in [6, 6.07) is 7.33. The molecule has 0 bridgehead atoms. The number of rotatable bonds is 2. The molecule has 0 aromatic heterocycles. The van der Waals surface area contributed by atoms with Crippen molar-refractivity contribution in [2.24, 2.45) is 5.92 Å². The minimum atomic E-state index is -0.266. The van der Waals surface area contributed by atoms with Crippen molar-refractivity contribution in [1.29, 1.82) is 0 Å². The van der Waals surface area contributed by atoms with Gasteiger partial charge in [0.2, 0.25) is 0 Å². The lowest BCUT2D eigenvalue weighted by atomic mass is 9.94. The van der Waals surface area contributed by atoms with Crippen molar-refractivity contribution >= 4 is 23.4 Å². The van der Waals surface area contributed by atoms with Crippen LogP contribution in [-0.2, 0) is 4.74 Å². The number of carbonyl (C=O) groups excluding carboxylic acids is 1. The van der Waals surface area contributed by atoms with Crippen LogP contribution in [0.4, 0.5) is 10.5 Å². The highest BCUT2D eigenvalue weighted by atomic mass is 35.5. The average molecular weight is 281 g/mol. The van der Waals surface area contributed by atoms with Crippen molar-refractivity contribution in [1.82, 2.24) is 5.32 Å². The second-order valence-electron chi connectivity index (χ2n) is 5.12. The highest BCUT2D eigenvalue weighted by molar-refractivity contribution is 6.30. The van der Waals surface area contributed by atoms with Gasteiger partial charge in [0, 0.05) is 23.2 Å². The molecule has 2 saturated heterocycles. The minimum Gasteiger partial charge on any atom is -0.444 e. The van der Waals surface area contributed by atoms with Crippen LogP contribution in [0, 0.1) is 5.92 Å². The molecule has 1 aromatic rings. The largest absolute Gasteiger partial charge is 0.444 e. The molecular formula is C14H17ClN2O2. The van der Waals surface area contributed by atoms with Crippen LogP contribution in [0.2, 0.25) is 5.02 Å². The summed E-state index contributed by atoms with van der Waals surface area (Å²) in [6.07, 6.45) is 1.99. The second-order valence-corrected chi connectivity index (χ2v) is 5.56. The molecule has 0 saturated carbocycles. The molecule has 0 aliphatic carbocycles. The Hall–Kier alpha value is -1.26. The number of ether oxygens (including phenoxy) is 1. The Bertz CT molecular complexity index is 474. The van der Waals surface area contributed by atoms with Crippen LogP contribution < -0.4 is 10.2 Å². The Morgan fingerprint density at radius 2 is 2.32 bits per heavy atom. The molecule has 2 atom stereocenters. The zero-order valence-corrected chi connectivity index (χ0v) is 11.4. The molecule has 102 valence electrons. The number of carbonyl (C=O) groups is 1. The molecule has 2 fully saturated rings. The molecular weight excluding hydrogens is 264 g/mol. The second kappa shape index (κ2) is 5.39. The van der Waals surface area contributed by atoms with E-state index in [4.69, 9.17) is 16.3 Å². The standard InChI is InChI=1S/C14H17ClN2O2/c15-11-4-1-5-12(7-11)17-9-13(19-14(17)18)10-3-2-6-16-8-10/h1,4-5,7,10,13,16H,2-3,6,8-9H2. The van der Waals surface area contributed by atoms with Crippen molar-refractivity contribution < 1.29 is 9.53 Å². The van der Waals surface area contributed by atoms with Gasteiger partial charge in [-0.3, -0.25) is 4.90 Å². The number of cyclic esters (lactones) is 1. The number of anilines is 1. The summed E-state index contributed by atoms with van der Waals surface area (Å²) in [7, 11) is 0. The van der Waals surface area contributed by atoms with Crippen LogP contribution in [-0.4, -0.2) is 31.8 Å². The molecule has 5 heteroatoms. The predicted molar refractivity (Wildman–Crippen MR) is 74.7 cm³/mol. The van der Waals surface area contributed by atoms with Crippen molar-refractivity contribution in [3.63, 3.8) is 0 Å². The summed E-state index contributed by atoms with van der Waals surface area (Å²) < 4.78 is 5.51.